The Kier molecular flexibility index (Phi) is 5.42. The Morgan fingerprint density at radius 3 is 2.35 bits per heavy atom. The third-order valence-corrected chi connectivity index (χ3v) is 3.39. The van der Waals surface area contributed by atoms with Gasteiger partial charge in [-0.15, -0.1) is 0 Å². The minimum Gasteiger partial charge on any atom is -0.368 e. The third-order valence-electron chi connectivity index (χ3n) is 3.39. The SMILES string of the molecule is CCC(C)N(CC)c1ccc([C@@H](N)CC)nc1. The molecular formula is C14H25N3. The Balaban J connectivity index is 2.85. The topological polar surface area (TPSA) is 42.1 Å². The highest BCUT2D eigenvalue weighted by Gasteiger charge is 2.12. The molecule has 0 spiro atoms. The van der Waals surface area contributed by atoms with Gasteiger partial charge in [0, 0.05) is 18.6 Å². The van der Waals surface area contributed by atoms with Crippen molar-refractivity contribution < 1.29 is 0 Å². The molecule has 96 valence electrons. The molecule has 3 nitrogen and oxygen atoms in total. The summed E-state index contributed by atoms with van der Waals surface area (Å²) >= 11 is 0. The van der Waals surface area contributed by atoms with Crippen LogP contribution in [0, 0.1) is 0 Å². The Morgan fingerprint density at radius 2 is 1.94 bits per heavy atom. The minimum absolute atomic E-state index is 0.0581. The first kappa shape index (κ1) is 14.0. The average Bonchev–Trinajstić information content (AvgIpc) is 2.39. The number of pyridine rings is 1. The molecule has 2 N–H and O–H groups in total. The molecule has 0 aliphatic heterocycles. The fraction of sp³-hybridized carbons (Fsp3) is 0.643. The van der Waals surface area contributed by atoms with Gasteiger partial charge in [0.15, 0.2) is 0 Å². The summed E-state index contributed by atoms with van der Waals surface area (Å²) in [6.07, 6.45) is 4.01. The Labute approximate surface area is 105 Å². The molecular weight excluding hydrogens is 210 g/mol. The van der Waals surface area contributed by atoms with Crippen molar-refractivity contribution in [2.45, 2.75) is 52.6 Å². The van der Waals surface area contributed by atoms with Crippen molar-refractivity contribution in [2.24, 2.45) is 5.73 Å². The van der Waals surface area contributed by atoms with Crippen molar-refractivity contribution in [1.82, 2.24) is 4.98 Å². The number of hydrogen-bond donors (Lipinski definition) is 1. The van der Waals surface area contributed by atoms with Crippen molar-refractivity contribution in [3.05, 3.63) is 24.0 Å². The number of hydrogen-bond acceptors (Lipinski definition) is 3. The molecule has 17 heavy (non-hydrogen) atoms. The summed E-state index contributed by atoms with van der Waals surface area (Å²) < 4.78 is 0. The predicted octanol–water partition coefficient (Wildman–Crippen LogP) is 3.12. The Bertz CT molecular complexity index is 321. The maximum Gasteiger partial charge on any atom is 0.0572 e. The van der Waals surface area contributed by atoms with Crippen LogP contribution in [0.15, 0.2) is 18.3 Å². The lowest BCUT2D eigenvalue weighted by Crippen LogP contribution is -2.32. The zero-order chi connectivity index (χ0) is 12.8. The smallest absolute Gasteiger partial charge is 0.0572 e. The van der Waals surface area contributed by atoms with Gasteiger partial charge in [0.25, 0.3) is 0 Å². The summed E-state index contributed by atoms with van der Waals surface area (Å²) in [5, 5.41) is 0. The van der Waals surface area contributed by atoms with Crippen LogP contribution in [-0.2, 0) is 0 Å². The lowest BCUT2D eigenvalue weighted by Gasteiger charge is -2.29. The lowest BCUT2D eigenvalue weighted by atomic mass is 10.1. The standard InChI is InChI=1S/C14H25N3/c1-5-11(4)17(7-3)12-8-9-14(16-10-12)13(15)6-2/h8-11,13H,5-7,15H2,1-4H3/t11?,13-/m0/s1. The molecule has 0 radical (unpaired) electrons. The van der Waals surface area contributed by atoms with E-state index in [2.05, 4.69) is 49.7 Å². The van der Waals surface area contributed by atoms with Crippen molar-refractivity contribution >= 4 is 5.69 Å². The first-order valence-corrected chi connectivity index (χ1v) is 6.62. The molecule has 1 rings (SSSR count). The fourth-order valence-corrected chi connectivity index (χ4v) is 1.96. The molecule has 0 saturated carbocycles. The van der Waals surface area contributed by atoms with Crippen LogP contribution in [0.5, 0.6) is 0 Å². The van der Waals surface area contributed by atoms with Gasteiger partial charge in [-0.25, -0.2) is 0 Å². The van der Waals surface area contributed by atoms with E-state index in [0.717, 1.165) is 25.1 Å². The molecule has 1 heterocycles. The van der Waals surface area contributed by atoms with Crippen LogP contribution in [0.3, 0.4) is 0 Å². The van der Waals surface area contributed by atoms with Gasteiger partial charge in [-0.3, -0.25) is 4.98 Å². The van der Waals surface area contributed by atoms with Crippen LogP contribution in [0.25, 0.3) is 0 Å². The third kappa shape index (κ3) is 3.43. The van der Waals surface area contributed by atoms with E-state index in [0.29, 0.717) is 6.04 Å². The molecule has 3 heteroatoms. The van der Waals surface area contributed by atoms with E-state index in [-0.39, 0.29) is 6.04 Å². The van der Waals surface area contributed by atoms with Crippen LogP contribution in [0.4, 0.5) is 5.69 Å². The molecule has 0 aliphatic rings. The summed E-state index contributed by atoms with van der Waals surface area (Å²) in [5.41, 5.74) is 8.13. The minimum atomic E-state index is 0.0581. The van der Waals surface area contributed by atoms with E-state index < -0.39 is 0 Å². The largest absolute Gasteiger partial charge is 0.368 e. The quantitative estimate of drug-likeness (QED) is 0.823. The van der Waals surface area contributed by atoms with Crippen molar-refractivity contribution in [1.29, 1.82) is 0 Å². The summed E-state index contributed by atoms with van der Waals surface area (Å²) in [6, 6.07) is 4.79. The highest BCUT2D eigenvalue weighted by Crippen LogP contribution is 2.19. The molecule has 0 aromatic carbocycles. The molecule has 2 atom stereocenters. The second-order valence-electron chi connectivity index (χ2n) is 4.50. The van der Waals surface area contributed by atoms with Crippen LogP contribution in [0.1, 0.15) is 52.3 Å². The van der Waals surface area contributed by atoms with Gasteiger partial charge in [0.05, 0.1) is 17.6 Å². The van der Waals surface area contributed by atoms with Gasteiger partial charge in [0.2, 0.25) is 0 Å². The molecule has 1 aromatic heterocycles. The molecule has 0 amide bonds. The maximum atomic E-state index is 5.96. The van der Waals surface area contributed by atoms with Gasteiger partial charge in [-0.2, -0.15) is 0 Å². The fourth-order valence-electron chi connectivity index (χ4n) is 1.96. The van der Waals surface area contributed by atoms with Crippen LogP contribution < -0.4 is 10.6 Å². The predicted molar refractivity (Wildman–Crippen MR) is 74.2 cm³/mol. The van der Waals surface area contributed by atoms with Gasteiger partial charge in [0.1, 0.15) is 0 Å². The Hall–Kier alpha value is -1.09. The van der Waals surface area contributed by atoms with Crippen molar-refractivity contribution in [3.63, 3.8) is 0 Å². The number of nitrogens with two attached hydrogens (primary N) is 1. The molecule has 0 saturated heterocycles. The number of aromatic nitrogens is 1. The van der Waals surface area contributed by atoms with Crippen molar-refractivity contribution in [2.75, 3.05) is 11.4 Å². The van der Waals surface area contributed by atoms with E-state index >= 15 is 0 Å². The van der Waals surface area contributed by atoms with E-state index in [4.69, 9.17) is 5.73 Å². The monoisotopic (exact) mass is 235 g/mol. The number of anilines is 1. The van der Waals surface area contributed by atoms with Crippen LogP contribution in [0.2, 0.25) is 0 Å². The van der Waals surface area contributed by atoms with Gasteiger partial charge >= 0.3 is 0 Å². The average molecular weight is 235 g/mol. The van der Waals surface area contributed by atoms with E-state index in [1.807, 2.05) is 6.20 Å². The van der Waals surface area contributed by atoms with E-state index in [1.54, 1.807) is 0 Å². The van der Waals surface area contributed by atoms with Crippen molar-refractivity contribution in [3.8, 4) is 0 Å². The first-order chi connectivity index (χ1) is 8.13. The number of rotatable bonds is 6. The molecule has 0 aliphatic carbocycles. The van der Waals surface area contributed by atoms with Crippen LogP contribution in [-0.4, -0.2) is 17.6 Å². The summed E-state index contributed by atoms with van der Waals surface area (Å²) in [4.78, 5) is 6.84. The second kappa shape index (κ2) is 6.60. The number of nitrogens with zero attached hydrogens (tertiary/aromatic N) is 2. The molecule has 0 bridgehead atoms. The highest BCUT2D eigenvalue weighted by molar-refractivity contribution is 5.45. The van der Waals surface area contributed by atoms with E-state index in [1.165, 1.54) is 5.69 Å². The molecule has 1 aromatic rings. The molecule has 0 fully saturated rings. The first-order valence-electron chi connectivity index (χ1n) is 6.62. The normalized spacial score (nSPS) is 14.4. The summed E-state index contributed by atoms with van der Waals surface area (Å²) in [5.74, 6) is 0. The zero-order valence-electron chi connectivity index (χ0n) is 11.5. The van der Waals surface area contributed by atoms with Crippen LogP contribution >= 0.6 is 0 Å². The lowest BCUT2D eigenvalue weighted by molar-refractivity contribution is 0.626. The molecule has 1 unspecified atom stereocenters. The summed E-state index contributed by atoms with van der Waals surface area (Å²) in [7, 11) is 0. The zero-order valence-corrected chi connectivity index (χ0v) is 11.5. The van der Waals surface area contributed by atoms with Gasteiger partial charge < -0.3 is 10.6 Å². The van der Waals surface area contributed by atoms with Gasteiger partial charge in [-0.1, -0.05) is 13.8 Å². The van der Waals surface area contributed by atoms with Gasteiger partial charge in [-0.05, 0) is 38.8 Å². The Morgan fingerprint density at radius 1 is 1.24 bits per heavy atom. The van der Waals surface area contributed by atoms with E-state index in [9.17, 15) is 0 Å². The maximum absolute atomic E-state index is 5.96. The summed E-state index contributed by atoms with van der Waals surface area (Å²) in [6.45, 7) is 9.72. The highest BCUT2D eigenvalue weighted by atomic mass is 15.2. The second-order valence-corrected chi connectivity index (χ2v) is 4.50.